The van der Waals surface area contributed by atoms with Crippen LogP contribution in [0.1, 0.15) is 10.4 Å². The van der Waals surface area contributed by atoms with Crippen LogP contribution in [0.15, 0.2) is 29.2 Å². The van der Waals surface area contributed by atoms with Gasteiger partial charge < -0.3 is 5.11 Å². The molecule has 0 radical (unpaired) electrons. The molecule has 0 aromatic heterocycles. The topological polar surface area (TPSA) is 54.4 Å². The van der Waals surface area contributed by atoms with E-state index in [0.29, 0.717) is 4.90 Å². The number of benzene rings is 1. The summed E-state index contributed by atoms with van der Waals surface area (Å²) in [5.74, 6) is 2.51. The molecule has 1 aromatic rings. The Bertz CT molecular complexity index is 415. The van der Waals surface area contributed by atoms with Gasteiger partial charge in [-0.15, -0.1) is 0 Å². The SMILES string of the molecule is C=S(C)(=O)c1ccc(C(=O)O)cc1. The van der Waals surface area contributed by atoms with Crippen molar-refractivity contribution in [2.75, 3.05) is 6.26 Å². The molecule has 70 valence electrons. The molecule has 0 aliphatic carbocycles. The van der Waals surface area contributed by atoms with Gasteiger partial charge in [-0.2, -0.15) is 0 Å². The van der Waals surface area contributed by atoms with Crippen molar-refractivity contribution in [2.45, 2.75) is 4.90 Å². The zero-order valence-corrected chi connectivity index (χ0v) is 8.00. The Morgan fingerprint density at radius 3 is 2.15 bits per heavy atom. The Balaban J connectivity index is 3.16. The van der Waals surface area contributed by atoms with E-state index in [-0.39, 0.29) is 5.56 Å². The minimum absolute atomic E-state index is 0.187. The highest BCUT2D eigenvalue weighted by Crippen LogP contribution is 2.09. The van der Waals surface area contributed by atoms with E-state index in [9.17, 15) is 9.00 Å². The number of carbonyl (C=O) groups is 1. The molecule has 0 spiro atoms. The summed E-state index contributed by atoms with van der Waals surface area (Å²) in [7, 11) is -2.24. The maximum Gasteiger partial charge on any atom is 0.335 e. The van der Waals surface area contributed by atoms with Crippen LogP contribution in [0.2, 0.25) is 0 Å². The van der Waals surface area contributed by atoms with Gasteiger partial charge in [0, 0.05) is 11.2 Å². The van der Waals surface area contributed by atoms with Crippen molar-refractivity contribution in [3.05, 3.63) is 29.8 Å². The van der Waals surface area contributed by atoms with Gasteiger partial charge in [0.2, 0.25) is 0 Å². The van der Waals surface area contributed by atoms with E-state index in [1.165, 1.54) is 30.5 Å². The van der Waals surface area contributed by atoms with Gasteiger partial charge in [-0.3, -0.25) is 4.21 Å². The van der Waals surface area contributed by atoms with Crippen molar-refractivity contribution in [3.63, 3.8) is 0 Å². The highest BCUT2D eigenvalue weighted by molar-refractivity contribution is 7.99. The standard InChI is InChI=1S/C9H10O3S/c1-13(2,12)8-5-3-7(4-6-8)9(10)11/h3-6H,1H2,2H3,(H,10,11). The van der Waals surface area contributed by atoms with Gasteiger partial charge in [0.15, 0.2) is 0 Å². The molecule has 0 bridgehead atoms. The van der Waals surface area contributed by atoms with Crippen molar-refractivity contribution in [1.29, 1.82) is 0 Å². The van der Waals surface area contributed by atoms with Crippen LogP contribution in [-0.2, 0) is 9.52 Å². The zero-order valence-electron chi connectivity index (χ0n) is 7.19. The number of hydrogen-bond donors (Lipinski definition) is 1. The molecule has 1 unspecified atom stereocenters. The number of rotatable bonds is 2. The van der Waals surface area contributed by atoms with Crippen LogP contribution in [0.3, 0.4) is 0 Å². The van der Waals surface area contributed by atoms with E-state index in [0.717, 1.165) is 0 Å². The first-order valence-corrected chi connectivity index (χ1v) is 5.70. The second kappa shape index (κ2) is 3.22. The summed E-state index contributed by atoms with van der Waals surface area (Å²) in [6, 6.07) is 5.90. The maximum atomic E-state index is 11.4. The molecular weight excluding hydrogens is 188 g/mol. The lowest BCUT2D eigenvalue weighted by Crippen LogP contribution is -1.99. The molecule has 1 atom stereocenters. The molecule has 1 aromatic carbocycles. The molecule has 4 heteroatoms. The molecule has 0 heterocycles. The lowest BCUT2D eigenvalue weighted by atomic mass is 10.2. The van der Waals surface area contributed by atoms with Crippen molar-refractivity contribution in [2.24, 2.45) is 0 Å². The van der Waals surface area contributed by atoms with E-state index in [4.69, 9.17) is 5.11 Å². The molecule has 0 saturated heterocycles. The molecule has 1 N–H and O–H groups in total. The summed E-state index contributed by atoms with van der Waals surface area (Å²) in [5, 5.41) is 8.59. The van der Waals surface area contributed by atoms with Gasteiger partial charge in [-0.25, -0.2) is 4.79 Å². The van der Waals surface area contributed by atoms with Gasteiger partial charge in [-0.05, 0) is 39.7 Å². The first-order chi connectivity index (χ1) is 5.91. The number of carboxylic acids is 1. The molecule has 13 heavy (non-hydrogen) atoms. The fourth-order valence-electron chi connectivity index (χ4n) is 0.885. The quantitative estimate of drug-likeness (QED) is 0.724. The lowest BCUT2D eigenvalue weighted by molar-refractivity contribution is 0.0697. The minimum atomic E-state index is -2.24. The first kappa shape index (κ1) is 9.80. The van der Waals surface area contributed by atoms with E-state index in [1.54, 1.807) is 0 Å². The van der Waals surface area contributed by atoms with E-state index in [1.807, 2.05) is 0 Å². The molecule has 1 rings (SSSR count). The number of hydrogen-bond acceptors (Lipinski definition) is 2. The number of aromatic carboxylic acids is 1. The van der Waals surface area contributed by atoms with Crippen LogP contribution in [0.25, 0.3) is 0 Å². The van der Waals surface area contributed by atoms with Crippen molar-refractivity contribution < 1.29 is 14.1 Å². The normalized spacial score (nSPS) is 14.8. The average molecular weight is 198 g/mol. The van der Waals surface area contributed by atoms with E-state index >= 15 is 0 Å². The van der Waals surface area contributed by atoms with Crippen LogP contribution in [0.5, 0.6) is 0 Å². The largest absolute Gasteiger partial charge is 0.478 e. The Morgan fingerprint density at radius 2 is 1.85 bits per heavy atom. The second-order valence-electron chi connectivity index (χ2n) is 2.83. The second-order valence-corrected chi connectivity index (χ2v) is 5.32. The highest BCUT2D eigenvalue weighted by Gasteiger charge is 2.04. The molecule has 0 aliphatic rings. The third kappa shape index (κ3) is 2.32. The van der Waals surface area contributed by atoms with Gasteiger partial charge in [-0.1, -0.05) is 0 Å². The zero-order chi connectivity index (χ0) is 10.1. The minimum Gasteiger partial charge on any atom is -0.478 e. The summed E-state index contributed by atoms with van der Waals surface area (Å²) in [6.07, 6.45) is 1.52. The van der Waals surface area contributed by atoms with Crippen molar-refractivity contribution in [3.8, 4) is 0 Å². The Hall–Kier alpha value is -1.29. The van der Waals surface area contributed by atoms with Crippen LogP contribution in [-0.4, -0.2) is 27.4 Å². The summed E-state index contributed by atoms with van der Waals surface area (Å²) in [6.45, 7) is 0. The molecule has 0 saturated carbocycles. The highest BCUT2D eigenvalue weighted by atomic mass is 32.2. The van der Waals surface area contributed by atoms with Crippen LogP contribution in [0.4, 0.5) is 0 Å². The van der Waals surface area contributed by atoms with E-state index in [2.05, 4.69) is 5.87 Å². The molecule has 3 nitrogen and oxygen atoms in total. The smallest absolute Gasteiger partial charge is 0.335 e. The predicted molar refractivity (Wildman–Crippen MR) is 52.9 cm³/mol. The fraction of sp³-hybridized carbons (Fsp3) is 0.111. The van der Waals surface area contributed by atoms with Gasteiger partial charge >= 0.3 is 5.97 Å². The third-order valence-corrected chi connectivity index (χ3v) is 2.87. The van der Waals surface area contributed by atoms with Gasteiger partial charge in [0.1, 0.15) is 0 Å². The summed E-state index contributed by atoms with van der Waals surface area (Å²) >= 11 is 0. The molecule has 0 amide bonds. The Kier molecular flexibility index (Phi) is 2.43. The van der Waals surface area contributed by atoms with Crippen LogP contribution < -0.4 is 0 Å². The Morgan fingerprint density at radius 1 is 1.38 bits per heavy atom. The average Bonchev–Trinajstić information content (AvgIpc) is 2.03. The summed E-state index contributed by atoms with van der Waals surface area (Å²) in [5.41, 5.74) is 0.187. The van der Waals surface area contributed by atoms with Crippen LogP contribution >= 0.6 is 0 Å². The predicted octanol–water partition coefficient (Wildman–Crippen LogP) is 1.09. The maximum absolute atomic E-state index is 11.4. The fourth-order valence-corrected chi connectivity index (χ4v) is 1.60. The lowest BCUT2D eigenvalue weighted by Gasteiger charge is -2.02. The molecular formula is C9H10O3S. The first-order valence-electron chi connectivity index (χ1n) is 3.57. The van der Waals surface area contributed by atoms with Crippen molar-refractivity contribution in [1.82, 2.24) is 0 Å². The third-order valence-electron chi connectivity index (χ3n) is 1.60. The monoisotopic (exact) mass is 198 g/mol. The van der Waals surface area contributed by atoms with Gasteiger partial charge in [0.05, 0.1) is 5.56 Å². The van der Waals surface area contributed by atoms with Crippen LogP contribution in [0, 0.1) is 0 Å². The molecule has 0 fully saturated rings. The number of carboxylic acid groups (broad SMARTS) is 1. The summed E-state index contributed by atoms with van der Waals surface area (Å²) in [4.78, 5) is 11.0. The summed E-state index contributed by atoms with van der Waals surface area (Å²) < 4.78 is 11.4. The van der Waals surface area contributed by atoms with E-state index < -0.39 is 15.5 Å². The van der Waals surface area contributed by atoms with Crippen molar-refractivity contribution >= 4 is 21.4 Å². The van der Waals surface area contributed by atoms with Gasteiger partial charge in [0.25, 0.3) is 0 Å². The molecule has 0 aliphatic heterocycles. The Labute approximate surface area is 77.0 Å².